The number of likely N-dealkylation sites (tertiary alicyclic amines) is 1. The number of piperidine rings is 1. The smallest absolute Gasteiger partial charge is 0.223 e. The van der Waals surface area contributed by atoms with E-state index in [1.165, 1.54) is 0 Å². The van der Waals surface area contributed by atoms with Crippen LogP contribution in [-0.4, -0.2) is 47.5 Å². The molecular formula is C19H25ClN2O3. The Hall–Kier alpha value is -1.88. The Morgan fingerprint density at radius 2 is 1.72 bits per heavy atom. The summed E-state index contributed by atoms with van der Waals surface area (Å²) in [5.74, 6) is 0.288. The monoisotopic (exact) mass is 364 g/mol. The molecule has 0 saturated carbocycles. The molecule has 5 nitrogen and oxygen atoms in total. The van der Waals surface area contributed by atoms with E-state index in [-0.39, 0.29) is 36.5 Å². The van der Waals surface area contributed by atoms with Gasteiger partial charge in [0.2, 0.25) is 11.8 Å². The minimum absolute atomic E-state index is 0.0170. The zero-order chi connectivity index (χ0) is 18.2. The number of alkyl halides is 1. The summed E-state index contributed by atoms with van der Waals surface area (Å²) in [6.07, 6.45) is 2.25. The largest absolute Gasteiger partial charge is 0.353 e. The summed E-state index contributed by atoms with van der Waals surface area (Å²) in [5.41, 5.74) is 1.75. The molecule has 1 aliphatic rings. The van der Waals surface area contributed by atoms with Gasteiger partial charge in [-0.2, -0.15) is 0 Å². The fourth-order valence-corrected chi connectivity index (χ4v) is 3.08. The van der Waals surface area contributed by atoms with Crippen molar-refractivity contribution in [1.82, 2.24) is 10.2 Å². The van der Waals surface area contributed by atoms with E-state index in [0.717, 1.165) is 18.4 Å². The molecule has 0 aromatic heterocycles. The Labute approximate surface area is 153 Å². The molecule has 1 heterocycles. The Bertz CT molecular complexity index is 608. The van der Waals surface area contributed by atoms with E-state index in [1.807, 2.05) is 19.1 Å². The van der Waals surface area contributed by atoms with Crippen molar-refractivity contribution in [3.63, 3.8) is 0 Å². The van der Waals surface area contributed by atoms with Crippen LogP contribution in [0.3, 0.4) is 0 Å². The van der Waals surface area contributed by atoms with Gasteiger partial charge in [-0.3, -0.25) is 14.4 Å². The van der Waals surface area contributed by atoms with E-state index >= 15 is 0 Å². The Balaban J connectivity index is 1.70. The number of hydrogen-bond donors (Lipinski definition) is 1. The first-order chi connectivity index (χ1) is 12.0. The average molecular weight is 365 g/mol. The zero-order valence-electron chi connectivity index (χ0n) is 14.6. The number of aryl methyl sites for hydroxylation is 1. The van der Waals surface area contributed by atoms with Crippen LogP contribution in [0.25, 0.3) is 0 Å². The molecule has 0 spiro atoms. The lowest BCUT2D eigenvalue weighted by molar-refractivity contribution is -0.132. The normalized spacial score (nSPS) is 15.0. The van der Waals surface area contributed by atoms with Crippen molar-refractivity contribution < 1.29 is 14.4 Å². The van der Waals surface area contributed by atoms with Gasteiger partial charge < -0.3 is 10.2 Å². The Kier molecular flexibility index (Phi) is 7.44. The molecule has 2 amide bonds. The number of benzene rings is 1. The molecule has 1 aliphatic heterocycles. The van der Waals surface area contributed by atoms with E-state index in [2.05, 4.69) is 5.32 Å². The van der Waals surface area contributed by atoms with E-state index in [1.54, 1.807) is 17.0 Å². The third-order valence-electron chi connectivity index (χ3n) is 4.47. The van der Waals surface area contributed by atoms with E-state index in [9.17, 15) is 14.4 Å². The average Bonchev–Trinajstić information content (AvgIpc) is 2.61. The molecule has 0 bridgehead atoms. The Morgan fingerprint density at radius 3 is 2.32 bits per heavy atom. The van der Waals surface area contributed by atoms with Gasteiger partial charge in [-0.15, -0.1) is 11.6 Å². The molecule has 1 fully saturated rings. The molecule has 2 rings (SSSR count). The van der Waals surface area contributed by atoms with Gasteiger partial charge in [-0.25, -0.2) is 0 Å². The van der Waals surface area contributed by atoms with Gasteiger partial charge in [-0.05, 0) is 19.8 Å². The summed E-state index contributed by atoms with van der Waals surface area (Å²) in [7, 11) is 0. The predicted molar refractivity (Wildman–Crippen MR) is 97.8 cm³/mol. The fraction of sp³-hybridized carbons (Fsp3) is 0.526. The van der Waals surface area contributed by atoms with Gasteiger partial charge in [0, 0.05) is 49.8 Å². The van der Waals surface area contributed by atoms with E-state index in [4.69, 9.17) is 11.6 Å². The minimum Gasteiger partial charge on any atom is -0.353 e. The maximum Gasteiger partial charge on any atom is 0.223 e. The van der Waals surface area contributed by atoms with Gasteiger partial charge in [0.25, 0.3) is 0 Å². The molecule has 0 radical (unpaired) electrons. The van der Waals surface area contributed by atoms with Crippen molar-refractivity contribution in [1.29, 1.82) is 0 Å². The summed E-state index contributed by atoms with van der Waals surface area (Å²) < 4.78 is 0. The maximum absolute atomic E-state index is 12.1. The Morgan fingerprint density at radius 1 is 1.08 bits per heavy atom. The van der Waals surface area contributed by atoms with Crippen molar-refractivity contribution in [3.05, 3.63) is 35.4 Å². The van der Waals surface area contributed by atoms with Crippen molar-refractivity contribution in [2.45, 2.75) is 45.1 Å². The first kappa shape index (κ1) is 19.4. The number of amides is 2. The molecule has 1 N–H and O–H groups in total. The van der Waals surface area contributed by atoms with Gasteiger partial charge in [0.15, 0.2) is 5.78 Å². The van der Waals surface area contributed by atoms with Crippen LogP contribution < -0.4 is 5.32 Å². The first-order valence-corrected chi connectivity index (χ1v) is 9.26. The van der Waals surface area contributed by atoms with Crippen LogP contribution in [-0.2, 0) is 9.59 Å². The second-order valence-corrected chi connectivity index (χ2v) is 6.83. The van der Waals surface area contributed by atoms with Crippen LogP contribution in [0.5, 0.6) is 0 Å². The first-order valence-electron chi connectivity index (χ1n) is 8.72. The number of carbonyl (C=O) groups is 3. The molecule has 25 heavy (non-hydrogen) atoms. The molecule has 0 unspecified atom stereocenters. The summed E-state index contributed by atoms with van der Waals surface area (Å²) in [4.78, 5) is 37.7. The number of hydrogen-bond acceptors (Lipinski definition) is 3. The molecule has 6 heteroatoms. The molecule has 1 aromatic carbocycles. The lowest BCUT2D eigenvalue weighted by atomic mass is 10.0. The van der Waals surface area contributed by atoms with Crippen LogP contribution in [0.1, 0.15) is 48.0 Å². The molecule has 136 valence electrons. The maximum atomic E-state index is 12.1. The molecule has 0 atom stereocenters. The number of ketones is 1. The summed E-state index contributed by atoms with van der Waals surface area (Å²) in [6, 6.07) is 7.45. The molecule has 1 saturated heterocycles. The third-order valence-corrected chi connectivity index (χ3v) is 4.66. The van der Waals surface area contributed by atoms with Crippen LogP contribution in [0, 0.1) is 6.92 Å². The highest BCUT2D eigenvalue weighted by molar-refractivity contribution is 6.18. The zero-order valence-corrected chi connectivity index (χ0v) is 15.3. The highest BCUT2D eigenvalue weighted by atomic mass is 35.5. The predicted octanol–water partition coefficient (Wildman–Crippen LogP) is 2.69. The minimum atomic E-state index is -0.106. The van der Waals surface area contributed by atoms with Crippen molar-refractivity contribution in [2.24, 2.45) is 0 Å². The number of rotatable bonds is 7. The number of Topliss-reactive ketones (excluding diaryl/α,β-unsaturated/α-hetero) is 1. The lowest BCUT2D eigenvalue weighted by Crippen LogP contribution is -2.46. The number of carbonyl (C=O) groups excluding carboxylic acids is 3. The van der Waals surface area contributed by atoms with Crippen LogP contribution >= 0.6 is 11.6 Å². The van der Waals surface area contributed by atoms with Gasteiger partial charge in [0.05, 0.1) is 0 Å². The molecule has 0 aliphatic carbocycles. The van der Waals surface area contributed by atoms with Crippen LogP contribution in [0.2, 0.25) is 0 Å². The van der Waals surface area contributed by atoms with Crippen molar-refractivity contribution >= 4 is 29.2 Å². The summed E-state index contributed by atoms with van der Waals surface area (Å²) in [6.45, 7) is 3.25. The standard InChI is InChI=1S/C19H25ClN2O3/c1-14-2-4-15(5-3-14)17(23)6-7-18(24)21-16-9-12-22(13-10-16)19(25)8-11-20/h2-5,16H,6-13H2,1H3,(H,21,24). The number of nitrogens with zero attached hydrogens (tertiary/aromatic N) is 1. The lowest BCUT2D eigenvalue weighted by Gasteiger charge is -2.32. The SMILES string of the molecule is Cc1ccc(C(=O)CCC(=O)NC2CCN(C(=O)CCCl)CC2)cc1. The number of nitrogens with one attached hydrogen (secondary N) is 1. The quantitative estimate of drug-likeness (QED) is 0.597. The molecule has 1 aromatic rings. The number of halogens is 1. The van der Waals surface area contributed by atoms with Crippen molar-refractivity contribution in [3.8, 4) is 0 Å². The third kappa shape index (κ3) is 6.16. The second kappa shape index (κ2) is 9.56. The van der Waals surface area contributed by atoms with Gasteiger partial charge >= 0.3 is 0 Å². The van der Waals surface area contributed by atoms with E-state index in [0.29, 0.717) is 31.0 Å². The molecular weight excluding hydrogens is 340 g/mol. The van der Waals surface area contributed by atoms with Crippen LogP contribution in [0.4, 0.5) is 0 Å². The highest BCUT2D eigenvalue weighted by Crippen LogP contribution is 2.13. The van der Waals surface area contributed by atoms with E-state index < -0.39 is 0 Å². The van der Waals surface area contributed by atoms with Crippen LogP contribution in [0.15, 0.2) is 24.3 Å². The highest BCUT2D eigenvalue weighted by Gasteiger charge is 2.23. The summed E-state index contributed by atoms with van der Waals surface area (Å²) >= 11 is 5.59. The second-order valence-electron chi connectivity index (χ2n) is 6.45. The van der Waals surface area contributed by atoms with Gasteiger partial charge in [0.1, 0.15) is 0 Å². The topological polar surface area (TPSA) is 66.5 Å². The van der Waals surface area contributed by atoms with Crippen molar-refractivity contribution in [2.75, 3.05) is 19.0 Å². The fourth-order valence-electron chi connectivity index (χ4n) is 2.92. The summed E-state index contributed by atoms with van der Waals surface area (Å²) in [5, 5.41) is 2.97. The van der Waals surface area contributed by atoms with Gasteiger partial charge in [-0.1, -0.05) is 29.8 Å².